The summed E-state index contributed by atoms with van der Waals surface area (Å²) < 4.78 is 5.34. The predicted octanol–water partition coefficient (Wildman–Crippen LogP) is 1.82. The molecule has 0 atom stereocenters. The van der Waals surface area contributed by atoms with Crippen molar-refractivity contribution >= 4 is 23.9 Å². The molecule has 0 aliphatic carbocycles. The van der Waals surface area contributed by atoms with Crippen molar-refractivity contribution in [2.24, 2.45) is 5.92 Å². The number of hydrogen-bond acceptors (Lipinski definition) is 5. The molecule has 0 unspecified atom stereocenters. The summed E-state index contributed by atoms with van der Waals surface area (Å²) in [6.07, 6.45) is 4.22. The number of piperidine rings is 1. The highest BCUT2D eigenvalue weighted by molar-refractivity contribution is 6.27. The van der Waals surface area contributed by atoms with Crippen LogP contribution in [0.25, 0.3) is 6.08 Å². The van der Waals surface area contributed by atoms with Crippen LogP contribution >= 0.6 is 0 Å². The van der Waals surface area contributed by atoms with Crippen molar-refractivity contribution in [1.82, 2.24) is 9.80 Å². The standard InChI is InChI=1S/C20H28N2O2.C2H2O4/c1-17(15-18-5-3-2-4-6-18)16-21-9-7-19(8-10-21)20(23)22-11-13-24-14-12-22;3-1(4)2(5)6/h2-6,15,19H,7-14,16H2,1H3;(H,3,4)(H,5,6)/b17-15+;. The van der Waals surface area contributed by atoms with Gasteiger partial charge in [0.25, 0.3) is 0 Å². The Kier molecular flexibility index (Phi) is 9.50. The average molecular weight is 418 g/mol. The van der Waals surface area contributed by atoms with Crippen LogP contribution in [0.5, 0.6) is 0 Å². The number of benzene rings is 1. The molecular formula is C22H30N2O6. The minimum atomic E-state index is -1.82. The molecule has 8 nitrogen and oxygen atoms in total. The molecule has 2 N–H and O–H groups in total. The molecule has 164 valence electrons. The number of amides is 1. The molecule has 0 radical (unpaired) electrons. The number of likely N-dealkylation sites (tertiary alicyclic amines) is 1. The van der Waals surface area contributed by atoms with Crippen LogP contribution in [0, 0.1) is 5.92 Å². The lowest BCUT2D eigenvalue weighted by atomic mass is 9.94. The molecule has 0 bridgehead atoms. The highest BCUT2D eigenvalue weighted by Crippen LogP contribution is 2.21. The monoisotopic (exact) mass is 418 g/mol. The molecule has 3 rings (SSSR count). The number of carbonyl (C=O) groups excluding carboxylic acids is 1. The Hall–Kier alpha value is -2.71. The number of morpholine rings is 1. The van der Waals surface area contributed by atoms with Gasteiger partial charge in [-0.05, 0) is 38.4 Å². The van der Waals surface area contributed by atoms with Crippen LogP contribution in [-0.2, 0) is 19.1 Å². The van der Waals surface area contributed by atoms with Crippen molar-refractivity contribution in [2.45, 2.75) is 19.8 Å². The maximum Gasteiger partial charge on any atom is 0.414 e. The van der Waals surface area contributed by atoms with E-state index in [0.29, 0.717) is 19.1 Å². The predicted molar refractivity (Wildman–Crippen MR) is 112 cm³/mol. The largest absolute Gasteiger partial charge is 0.473 e. The second kappa shape index (κ2) is 12.1. The summed E-state index contributed by atoms with van der Waals surface area (Å²) in [5, 5.41) is 14.8. The molecule has 0 spiro atoms. The molecule has 2 heterocycles. The summed E-state index contributed by atoms with van der Waals surface area (Å²) >= 11 is 0. The van der Waals surface area contributed by atoms with Gasteiger partial charge in [-0.1, -0.05) is 42.0 Å². The molecular weight excluding hydrogens is 388 g/mol. The Morgan fingerprint density at radius 2 is 1.57 bits per heavy atom. The fraction of sp³-hybridized carbons (Fsp3) is 0.500. The maximum atomic E-state index is 12.6. The number of carbonyl (C=O) groups is 3. The van der Waals surface area contributed by atoms with E-state index in [4.69, 9.17) is 24.5 Å². The van der Waals surface area contributed by atoms with Crippen LogP contribution in [0.3, 0.4) is 0 Å². The number of nitrogens with zero attached hydrogens (tertiary/aromatic N) is 2. The second-order valence-corrected chi connectivity index (χ2v) is 7.50. The Bertz CT molecular complexity index is 723. The van der Waals surface area contributed by atoms with Crippen LogP contribution in [0.4, 0.5) is 0 Å². The molecule has 2 fully saturated rings. The third-order valence-electron chi connectivity index (χ3n) is 5.13. The van der Waals surface area contributed by atoms with Crippen LogP contribution in [0.1, 0.15) is 25.3 Å². The van der Waals surface area contributed by atoms with Gasteiger partial charge in [0.1, 0.15) is 0 Å². The lowest BCUT2D eigenvalue weighted by Gasteiger charge is -2.35. The van der Waals surface area contributed by atoms with Crippen molar-refractivity contribution in [3.8, 4) is 0 Å². The molecule has 0 saturated carbocycles. The number of carboxylic acid groups (broad SMARTS) is 2. The SMILES string of the molecule is C/C(=C\c1ccccc1)CN1CCC(C(=O)N2CCOCC2)CC1.O=C(O)C(=O)O. The average Bonchev–Trinajstić information content (AvgIpc) is 2.75. The Balaban J connectivity index is 0.000000469. The van der Waals surface area contributed by atoms with E-state index in [9.17, 15) is 4.79 Å². The molecule has 30 heavy (non-hydrogen) atoms. The third-order valence-corrected chi connectivity index (χ3v) is 5.13. The van der Waals surface area contributed by atoms with E-state index in [2.05, 4.69) is 42.2 Å². The first-order valence-corrected chi connectivity index (χ1v) is 10.1. The highest BCUT2D eigenvalue weighted by Gasteiger charge is 2.29. The molecule has 1 amide bonds. The molecule has 1 aromatic rings. The fourth-order valence-electron chi connectivity index (χ4n) is 3.61. The van der Waals surface area contributed by atoms with Crippen molar-refractivity contribution < 1.29 is 29.3 Å². The van der Waals surface area contributed by atoms with Crippen molar-refractivity contribution in [2.75, 3.05) is 45.9 Å². The first kappa shape index (κ1) is 23.6. The zero-order valence-corrected chi connectivity index (χ0v) is 17.3. The highest BCUT2D eigenvalue weighted by atomic mass is 16.5. The number of aliphatic carboxylic acids is 2. The Morgan fingerprint density at radius 3 is 2.10 bits per heavy atom. The van der Waals surface area contributed by atoms with Gasteiger partial charge in [-0.25, -0.2) is 9.59 Å². The van der Waals surface area contributed by atoms with Gasteiger partial charge in [-0.3, -0.25) is 9.69 Å². The minimum absolute atomic E-state index is 0.206. The van der Waals surface area contributed by atoms with Gasteiger partial charge in [0.2, 0.25) is 5.91 Å². The molecule has 8 heteroatoms. The lowest BCUT2D eigenvalue weighted by molar-refractivity contribution is -0.159. The first-order valence-electron chi connectivity index (χ1n) is 10.1. The zero-order valence-electron chi connectivity index (χ0n) is 17.3. The van der Waals surface area contributed by atoms with E-state index < -0.39 is 11.9 Å². The maximum absolute atomic E-state index is 12.6. The van der Waals surface area contributed by atoms with Gasteiger partial charge in [0.05, 0.1) is 13.2 Å². The van der Waals surface area contributed by atoms with Gasteiger partial charge in [0.15, 0.2) is 0 Å². The van der Waals surface area contributed by atoms with Crippen molar-refractivity contribution in [3.63, 3.8) is 0 Å². The van der Waals surface area contributed by atoms with Crippen LogP contribution in [-0.4, -0.2) is 83.8 Å². The van der Waals surface area contributed by atoms with E-state index in [1.807, 2.05) is 11.0 Å². The van der Waals surface area contributed by atoms with E-state index in [1.165, 1.54) is 11.1 Å². The first-order chi connectivity index (χ1) is 14.4. The van der Waals surface area contributed by atoms with Crippen LogP contribution in [0.15, 0.2) is 35.9 Å². The molecule has 2 aliphatic heterocycles. The van der Waals surface area contributed by atoms with E-state index in [-0.39, 0.29) is 5.92 Å². The normalized spacial score (nSPS) is 18.3. The summed E-state index contributed by atoms with van der Waals surface area (Å²) in [7, 11) is 0. The summed E-state index contributed by atoms with van der Waals surface area (Å²) in [6.45, 7) is 8.12. The van der Waals surface area contributed by atoms with Crippen LogP contribution < -0.4 is 0 Å². The van der Waals surface area contributed by atoms with E-state index in [1.54, 1.807) is 0 Å². The van der Waals surface area contributed by atoms with Gasteiger partial charge in [0, 0.05) is 25.6 Å². The van der Waals surface area contributed by atoms with Crippen molar-refractivity contribution in [1.29, 1.82) is 0 Å². The zero-order chi connectivity index (χ0) is 21.9. The van der Waals surface area contributed by atoms with E-state index >= 15 is 0 Å². The number of ether oxygens (including phenoxy) is 1. The smallest absolute Gasteiger partial charge is 0.414 e. The second-order valence-electron chi connectivity index (χ2n) is 7.50. The number of hydrogen-bond donors (Lipinski definition) is 2. The molecule has 2 saturated heterocycles. The number of carboxylic acids is 2. The van der Waals surface area contributed by atoms with Gasteiger partial charge >= 0.3 is 11.9 Å². The van der Waals surface area contributed by atoms with E-state index in [0.717, 1.165) is 45.6 Å². The summed E-state index contributed by atoms with van der Waals surface area (Å²) in [5.41, 5.74) is 2.63. The summed E-state index contributed by atoms with van der Waals surface area (Å²) in [4.78, 5) is 35.2. The van der Waals surface area contributed by atoms with Gasteiger partial charge in [-0.15, -0.1) is 0 Å². The summed E-state index contributed by atoms with van der Waals surface area (Å²) in [6, 6.07) is 10.5. The molecule has 0 aromatic heterocycles. The van der Waals surface area contributed by atoms with Crippen molar-refractivity contribution in [3.05, 3.63) is 41.5 Å². The Morgan fingerprint density at radius 1 is 1.00 bits per heavy atom. The van der Waals surface area contributed by atoms with Crippen LogP contribution in [0.2, 0.25) is 0 Å². The van der Waals surface area contributed by atoms with Gasteiger partial charge < -0.3 is 19.8 Å². The Labute approximate surface area is 176 Å². The fourth-order valence-corrected chi connectivity index (χ4v) is 3.61. The summed E-state index contributed by atoms with van der Waals surface area (Å²) in [5.74, 6) is -3.10. The molecule has 1 aromatic carbocycles. The lowest BCUT2D eigenvalue weighted by Crippen LogP contribution is -2.46. The molecule has 2 aliphatic rings. The minimum Gasteiger partial charge on any atom is -0.473 e. The third kappa shape index (κ3) is 7.96. The van der Waals surface area contributed by atoms with Gasteiger partial charge in [-0.2, -0.15) is 0 Å². The quantitative estimate of drug-likeness (QED) is 0.718. The topological polar surface area (TPSA) is 107 Å². The number of rotatable bonds is 4.